The topological polar surface area (TPSA) is 34.1 Å². The molecule has 0 saturated heterocycles. The number of hydrogen-bond acceptors (Lipinski definition) is 3. The Bertz CT molecular complexity index is 388. The summed E-state index contributed by atoms with van der Waals surface area (Å²) in [6.07, 6.45) is 6.81. The minimum atomic E-state index is 0.290. The molecule has 3 nitrogen and oxygen atoms in total. The van der Waals surface area contributed by atoms with Crippen LogP contribution in [0.25, 0.3) is 0 Å². The van der Waals surface area contributed by atoms with Crippen molar-refractivity contribution >= 4 is 0 Å². The molecule has 3 unspecified atom stereocenters. The average Bonchev–Trinajstić information content (AvgIpc) is 2.84. The van der Waals surface area contributed by atoms with Gasteiger partial charge in [0.05, 0.1) is 6.10 Å². The number of ether oxygens (including phenoxy) is 1. The minimum Gasteiger partial charge on any atom is -0.377 e. The lowest BCUT2D eigenvalue weighted by Gasteiger charge is -2.31. The van der Waals surface area contributed by atoms with Crippen LogP contribution in [0.15, 0.2) is 18.3 Å². The average molecular weight is 262 g/mol. The zero-order chi connectivity index (χ0) is 13.7. The third-order valence-corrected chi connectivity index (χ3v) is 4.12. The molecule has 0 aliphatic heterocycles. The Morgan fingerprint density at radius 1 is 1.47 bits per heavy atom. The van der Waals surface area contributed by atoms with Gasteiger partial charge in [-0.15, -0.1) is 0 Å². The van der Waals surface area contributed by atoms with Crippen LogP contribution in [0, 0.1) is 0 Å². The molecule has 1 N–H and O–H groups in total. The first kappa shape index (κ1) is 14.5. The van der Waals surface area contributed by atoms with Gasteiger partial charge in [-0.3, -0.25) is 4.98 Å². The second-order valence-corrected chi connectivity index (χ2v) is 5.29. The molecule has 1 aliphatic rings. The van der Waals surface area contributed by atoms with Crippen LogP contribution >= 0.6 is 0 Å². The van der Waals surface area contributed by atoms with E-state index in [1.807, 2.05) is 19.3 Å². The molecule has 0 fully saturated rings. The van der Waals surface area contributed by atoms with Crippen LogP contribution in [0.3, 0.4) is 0 Å². The zero-order valence-corrected chi connectivity index (χ0v) is 12.4. The van der Waals surface area contributed by atoms with Gasteiger partial charge in [0, 0.05) is 30.5 Å². The van der Waals surface area contributed by atoms with Crippen molar-refractivity contribution in [2.24, 2.45) is 0 Å². The fourth-order valence-corrected chi connectivity index (χ4v) is 3.30. The fourth-order valence-electron chi connectivity index (χ4n) is 3.30. The van der Waals surface area contributed by atoms with Crippen molar-refractivity contribution in [2.75, 3.05) is 13.7 Å². The maximum Gasteiger partial charge on any atom is 0.0734 e. The van der Waals surface area contributed by atoms with E-state index in [0.29, 0.717) is 12.0 Å². The SMILES string of the molecule is CCCC(OCC)C(NC)C1CCc2cccnc21. The highest BCUT2D eigenvalue weighted by Crippen LogP contribution is 2.35. The summed E-state index contributed by atoms with van der Waals surface area (Å²) in [4.78, 5) is 4.62. The molecule has 1 aromatic heterocycles. The van der Waals surface area contributed by atoms with Crippen molar-refractivity contribution in [3.8, 4) is 0 Å². The van der Waals surface area contributed by atoms with E-state index < -0.39 is 0 Å². The van der Waals surface area contributed by atoms with Gasteiger partial charge in [-0.05, 0) is 44.9 Å². The van der Waals surface area contributed by atoms with Gasteiger partial charge in [-0.1, -0.05) is 19.4 Å². The zero-order valence-electron chi connectivity index (χ0n) is 12.4. The van der Waals surface area contributed by atoms with Crippen molar-refractivity contribution in [1.82, 2.24) is 10.3 Å². The molecule has 0 spiro atoms. The standard InChI is InChI=1S/C16H26N2O/c1-4-7-14(19-5-2)16(17-3)13-10-9-12-8-6-11-18-15(12)13/h6,8,11,13-14,16-17H,4-5,7,9-10H2,1-3H3. The Labute approximate surface area is 116 Å². The molecule has 3 atom stereocenters. The number of pyridine rings is 1. The van der Waals surface area contributed by atoms with Crippen LogP contribution in [0.5, 0.6) is 0 Å². The van der Waals surface area contributed by atoms with Crippen LogP contribution in [-0.4, -0.2) is 30.8 Å². The molecule has 19 heavy (non-hydrogen) atoms. The molecule has 1 aromatic rings. The van der Waals surface area contributed by atoms with Crippen molar-refractivity contribution in [2.45, 2.75) is 57.6 Å². The maximum atomic E-state index is 5.97. The first-order valence-corrected chi connectivity index (χ1v) is 7.54. The molecular weight excluding hydrogens is 236 g/mol. The highest BCUT2D eigenvalue weighted by molar-refractivity contribution is 5.30. The van der Waals surface area contributed by atoms with Gasteiger partial charge in [-0.2, -0.15) is 0 Å². The molecule has 1 aliphatic carbocycles. The first-order valence-electron chi connectivity index (χ1n) is 7.54. The lowest BCUT2D eigenvalue weighted by molar-refractivity contribution is 0.0225. The molecule has 0 aromatic carbocycles. The van der Waals surface area contributed by atoms with Crippen molar-refractivity contribution in [3.63, 3.8) is 0 Å². The lowest BCUT2D eigenvalue weighted by atomic mass is 9.90. The van der Waals surface area contributed by atoms with Crippen LogP contribution in [0.2, 0.25) is 0 Å². The summed E-state index contributed by atoms with van der Waals surface area (Å²) in [6.45, 7) is 5.08. The third-order valence-electron chi connectivity index (χ3n) is 4.12. The van der Waals surface area contributed by atoms with E-state index in [-0.39, 0.29) is 6.10 Å². The third kappa shape index (κ3) is 3.15. The van der Waals surface area contributed by atoms with E-state index >= 15 is 0 Å². The summed E-state index contributed by atoms with van der Waals surface area (Å²) < 4.78 is 5.97. The van der Waals surface area contributed by atoms with E-state index in [0.717, 1.165) is 25.9 Å². The smallest absolute Gasteiger partial charge is 0.0734 e. The summed E-state index contributed by atoms with van der Waals surface area (Å²) in [5, 5.41) is 3.49. The number of aryl methyl sites for hydroxylation is 1. The molecule has 3 heteroatoms. The number of likely N-dealkylation sites (N-methyl/N-ethyl adjacent to an activating group) is 1. The number of fused-ring (bicyclic) bond motifs is 1. The van der Waals surface area contributed by atoms with Gasteiger partial charge in [0.1, 0.15) is 0 Å². The molecule has 0 amide bonds. The normalized spacial score (nSPS) is 21.1. The Morgan fingerprint density at radius 3 is 3.00 bits per heavy atom. The van der Waals surface area contributed by atoms with Crippen molar-refractivity contribution in [3.05, 3.63) is 29.6 Å². The lowest BCUT2D eigenvalue weighted by Crippen LogP contribution is -2.43. The molecule has 106 valence electrons. The largest absolute Gasteiger partial charge is 0.377 e. The van der Waals surface area contributed by atoms with Crippen molar-refractivity contribution in [1.29, 1.82) is 0 Å². The van der Waals surface area contributed by atoms with Crippen LogP contribution in [0.4, 0.5) is 0 Å². The van der Waals surface area contributed by atoms with Gasteiger partial charge in [0.25, 0.3) is 0 Å². The van der Waals surface area contributed by atoms with Crippen LogP contribution in [-0.2, 0) is 11.2 Å². The molecule has 0 saturated carbocycles. The Kier molecular flexibility index (Phi) is 5.34. The van der Waals surface area contributed by atoms with E-state index in [4.69, 9.17) is 4.74 Å². The molecule has 2 rings (SSSR count). The van der Waals surface area contributed by atoms with Gasteiger partial charge < -0.3 is 10.1 Å². The summed E-state index contributed by atoms with van der Waals surface area (Å²) in [6, 6.07) is 4.63. The molecule has 0 bridgehead atoms. The van der Waals surface area contributed by atoms with E-state index in [1.165, 1.54) is 17.7 Å². The highest BCUT2D eigenvalue weighted by atomic mass is 16.5. The van der Waals surface area contributed by atoms with E-state index in [2.05, 4.69) is 30.2 Å². The van der Waals surface area contributed by atoms with Crippen LogP contribution in [0.1, 0.15) is 50.3 Å². The van der Waals surface area contributed by atoms with Crippen molar-refractivity contribution < 1.29 is 4.74 Å². The first-order chi connectivity index (χ1) is 9.31. The Morgan fingerprint density at radius 2 is 2.32 bits per heavy atom. The van der Waals surface area contributed by atoms with Gasteiger partial charge >= 0.3 is 0 Å². The van der Waals surface area contributed by atoms with Gasteiger partial charge in [0.2, 0.25) is 0 Å². The van der Waals surface area contributed by atoms with E-state index in [1.54, 1.807) is 0 Å². The quantitative estimate of drug-likeness (QED) is 0.820. The predicted molar refractivity (Wildman–Crippen MR) is 78.5 cm³/mol. The number of aromatic nitrogens is 1. The molecular formula is C16H26N2O. The summed E-state index contributed by atoms with van der Waals surface area (Å²) in [7, 11) is 2.05. The number of rotatable bonds is 7. The summed E-state index contributed by atoms with van der Waals surface area (Å²) in [5.41, 5.74) is 2.70. The monoisotopic (exact) mass is 262 g/mol. The second-order valence-electron chi connectivity index (χ2n) is 5.29. The number of hydrogen-bond donors (Lipinski definition) is 1. The molecule has 1 heterocycles. The number of nitrogens with one attached hydrogen (secondary N) is 1. The summed E-state index contributed by atoms with van der Waals surface area (Å²) >= 11 is 0. The highest BCUT2D eigenvalue weighted by Gasteiger charge is 2.34. The van der Waals surface area contributed by atoms with Gasteiger partial charge in [0.15, 0.2) is 0 Å². The second kappa shape index (κ2) is 7.01. The van der Waals surface area contributed by atoms with Crippen LogP contribution < -0.4 is 5.32 Å². The number of nitrogens with zero attached hydrogens (tertiary/aromatic N) is 1. The Balaban J connectivity index is 2.17. The Hall–Kier alpha value is -0.930. The van der Waals surface area contributed by atoms with E-state index in [9.17, 15) is 0 Å². The predicted octanol–water partition coefficient (Wildman–Crippen LogP) is 2.90. The van der Waals surface area contributed by atoms with Gasteiger partial charge in [-0.25, -0.2) is 0 Å². The minimum absolute atomic E-state index is 0.290. The maximum absolute atomic E-state index is 5.97. The molecule has 0 radical (unpaired) electrons. The summed E-state index contributed by atoms with van der Waals surface area (Å²) in [5.74, 6) is 0.490. The fraction of sp³-hybridized carbons (Fsp3) is 0.688.